The molecule has 0 saturated heterocycles. The molecule has 0 aliphatic carbocycles. The average molecular weight is 477 g/mol. The number of ether oxygens (including phenoxy) is 1. The number of esters is 1. The van der Waals surface area contributed by atoms with Crippen LogP contribution in [-0.2, 0) is 4.79 Å². The Hall–Kier alpha value is -2.71. The lowest BCUT2D eigenvalue weighted by atomic mass is 10.1. The van der Waals surface area contributed by atoms with Crippen molar-refractivity contribution in [2.45, 2.75) is 12.1 Å². The molecule has 1 aromatic carbocycles. The topological polar surface area (TPSA) is 105 Å². The number of anilines is 1. The van der Waals surface area contributed by atoms with E-state index in [9.17, 15) is 14.9 Å². The molecule has 1 N–H and O–H groups in total. The predicted molar refractivity (Wildman–Crippen MR) is 119 cm³/mol. The van der Waals surface area contributed by atoms with Crippen LogP contribution < -0.4 is 10.1 Å². The number of nitrogens with one attached hydrogen (secondary N) is 1. The third kappa shape index (κ3) is 5.67. The van der Waals surface area contributed by atoms with Crippen LogP contribution in [0.4, 0.5) is 5.13 Å². The van der Waals surface area contributed by atoms with Crippen LogP contribution in [0.25, 0.3) is 6.08 Å². The first-order chi connectivity index (χ1) is 14.5. The lowest BCUT2D eigenvalue weighted by Gasteiger charge is -2.06. The minimum Gasteiger partial charge on any atom is -0.421 e. The number of benzene rings is 1. The minimum atomic E-state index is -0.606. The van der Waals surface area contributed by atoms with E-state index in [1.54, 1.807) is 23.6 Å². The largest absolute Gasteiger partial charge is 0.421 e. The Morgan fingerprint density at radius 2 is 2.23 bits per heavy atom. The van der Waals surface area contributed by atoms with Gasteiger partial charge in [-0.05, 0) is 41.0 Å². The van der Waals surface area contributed by atoms with E-state index in [-0.39, 0.29) is 16.3 Å². The molecular weight excluding hydrogens is 464 g/mol. The summed E-state index contributed by atoms with van der Waals surface area (Å²) in [5.74, 6) is -0.117. The van der Waals surface area contributed by atoms with E-state index in [0.29, 0.717) is 20.7 Å². The first kappa shape index (κ1) is 22.0. The van der Waals surface area contributed by atoms with Crippen LogP contribution in [-0.4, -0.2) is 27.0 Å². The van der Waals surface area contributed by atoms with E-state index >= 15 is 0 Å². The molecule has 0 aliphatic rings. The maximum atomic E-state index is 12.4. The summed E-state index contributed by atoms with van der Waals surface area (Å²) in [5, 5.41) is 14.7. The molecule has 1 amide bonds. The SMILES string of the molecule is CCSc1nsc(NC(=O)/C(C#N)=C\c2ccc(OC(=O)c3cccs3)c(Cl)c2)n1. The fourth-order valence-corrected chi connectivity index (χ4v) is 4.25. The van der Waals surface area contributed by atoms with Crippen molar-refractivity contribution in [3.8, 4) is 11.8 Å². The molecule has 0 aliphatic heterocycles. The smallest absolute Gasteiger partial charge is 0.353 e. The van der Waals surface area contributed by atoms with Gasteiger partial charge < -0.3 is 4.74 Å². The summed E-state index contributed by atoms with van der Waals surface area (Å²) in [7, 11) is 0. The van der Waals surface area contributed by atoms with Crippen molar-refractivity contribution in [1.82, 2.24) is 9.36 Å². The van der Waals surface area contributed by atoms with E-state index in [0.717, 1.165) is 17.3 Å². The fraction of sp³-hybridized carbons (Fsp3) is 0.105. The third-order valence-electron chi connectivity index (χ3n) is 3.46. The highest BCUT2D eigenvalue weighted by Gasteiger charge is 2.15. The van der Waals surface area contributed by atoms with Crippen molar-refractivity contribution in [2.24, 2.45) is 0 Å². The van der Waals surface area contributed by atoms with Crippen molar-refractivity contribution in [1.29, 1.82) is 5.26 Å². The second-order valence-corrected chi connectivity index (χ2v) is 8.83. The number of thiophene rings is 1. The van der Waals surface area contributed by atoms with Crippen LogP contribution in [0.2, 0.25) is 5.02 Å². The lowest BCUT2D eigenvalue weighted by Crippen LogP contribution is -2.13. The van der Waals surface area contributed by atoms with Crippen LogP contribution in [0.5, 0.6) is 5.75 Å². The molecule has 0 bridgehead atoms. The van der Waals surface area contributed by atoms with Gasteiger partial charge in [-0.2, -0.15) is 14.6 Å². The van der Waals surface area contributed by atoms with Gasteiger partial charge in [-0.25, -0.2) is 4.79 Å². The van der Waals surface area contributed by atoms with E-state index in [4.69, 9.17) is 16.3 Å². The molecule has 11 heteroatoms. The molecule has 7 nitrogen and oxygen atoms in total. The molecule has 3 rings (SSSR count). The summed E-state index contributed by atoms with van der Waals surface area (Å²) in [5.41, 5.74) is 0.372. The summed E-state index contributed by atoms with van der Waals surface area (Å²) >= 11 is 9.95. The monoisotopic (exact) mass is 476 g/mol. The molecule has 30 heavy (non-hydrogen) atoms. The van der Waals surface area contributed by atoms with Gasteiger partial charge in [-0.1, -0.05) is 42.4 Å². The summed E-state index contributed by atoms with van der Waals surface area (Å²) in [4.78, 5) is 29.1. The second-order valence-electron chi connectivity index (χ2n) is 5.50. The number of carbonyl (C=O) groups is 2. The molecule has 2 aromatic heterocycles. The number of thioether (sulfide) groups is 1. The molecule has 152 valence electrons. The van der Waals surface area contributed by atoms with Crippen LogP contribution in [0.3, 0.4) is 0 Å². The maximum Gasteiger partial charge on any atom is 0.353 e. The first-order valence-electron chi connectivity index (χ1n) is 8.45. The number of hydrogen-bond acceptors (Lipinski definition) is 9. The standard InChI is InChI=1S/C19H13ClN4O3S3/c1-2-28-19-23-18(30-24-19)22-16(25)12(10-21)8-11-5-6-14(13(20)9-11)27-17(26)15-4-3-7-29-15/h3-9H,2H2,1H3,(H,22,23,24,25)/b12-8-. The molecule has 3 aromatic rings. The molecule has 0 fully saturated rings. The zero-order valence-corrected chi connectivity index (χ0v) is 18.6. The highest BCUT2D eigenvalue weighted by molar-refractivity contribution is 7.99. The number of nitrogens with zero attached hydrogens (tertiary/aromatic N) is 3. The number of rotatable bonds is 7. The van der Waals surface area contributed by atoms with E-state index < -0.39 is 11.9 Å². The molecule has 0 radical (unpaired) electrons. The number of halogens is 1. The number of nitriles is 1. The molecule has 0 unspecified atom stereocenters. The van der Waals surface area contributed by atoms with Crippen LogP contribution in [0.1, 0.15) is 22.2 Å². The second kappa shape index (κ2) is 10.4. The van der Waals surface area contributed by atoms with Crippen LogP contribution >= 0.6 is 46.2 Å². The number of aromatic nitrogens is 2. The van der Waals surface area contributed by atoms with Gasteiger partial charge in [-0.15, -0.1) is 11.3 Å². The van der Waals surface area contributed by atoms with Crippen molar-refractivity contribution in [3.63, 3.8) is 0 Å². The van der Waals surface area contributed by atoms with Gasteiger partial charge in [0.05, 0.1) is 5.02 Å². The quantitative estimate of drug-likeness (QED) is 0.166. The highest BCUT2D eigenvalue weighted by atomic mass is 35.5. The van der Waals surface area contributed by atoms with E-state index in [1.165, 1.54) is 41.3 Å². The zero-order chi connectivity index (χ0) is 21.5. The van der Waals surface area contributed by atoms with Crippen LogP contribution in [0, 0.1) is 11.3 Å². The summed E-state index contributed by atoms with van der Waals surface area (Å²) < 4.78 is 9.39. The Balaban J connectivity index is 1.71. The van der Waals surface area contributed by atoms with Crippen molar-refractivity contribution in [3.05, 3.63) is 56.7 Å². The molecular formula is C19H13ClN4O3S3. The Morgan fingerprint density at radius 1 is 1.40 bits per heavy atom. The zero-order valence-electron chi connectivity index (χ0n) is 15.4. The molecule has 0 saturated carbocycles. The summed E-state index contributed by atoms with van der Waals surface area (Å²) in [6.45, 7) is 1.97. The van der Waals surface area contributed by atoms with Crippen molar-refractivity contribution in [2.75, 3.05) is 11.1 Å². The average Bonchev–Trinajstić information content (AvgIpc) is 3.40. The van der Waals surface area contributed by atoms with Gasteiger partial charge in [0.2, 0.25) is 10.3 Å². The van der Waals surface area contributed by atoms with Crippen molar-refractivity contribution >= 4 is 69.3 Å². The van der Waals surface area contributed by atoms with Gasteiger partial charge in [0, 0.05) is 11.5 Å². The number of carbonyl (C=O) groups excluding carboxylic acids is 2. The molecule has 0 atom stereocenters. The summed E-state index contributed by atoms with van der Waals surface area (Å²) in [6.07, 6.45) is 1.38. The van der Waals surface area contributed by atoms with Gasteiger partial charge in [0.1, 0.15) is 22.3 Å². The Kier molecular flexibility index (Phi) is 7.59. The van der Waals surface area contributed by atoms with Gasteiger partial charge in [0.25, 0.3) is 5.91 Å². The number of hydrogen-bond donors (Lipinski definition) is 1. The Bertz CT molecular complexity index is 1140. The third-order valence-corrected chi connectivity index (χ3v) is 6.08. The Morgan fingerprint density at radius 3 is 2.90 bits per heavy atom. The lowest BCUT2D eigenvalue weighted by molar-refractivity contribution is -0.112. The highest BCUT2D eigenvalue weighted by Crippen LogP contribution is 2.28. The summed E-state index contributed by atoms with van der Waals surface area (Å²) in [6, 6.07) is 9.86. The van der Waals surface area contributed by atoms with Gasteiger partial charge in [0.15, 0.2) is 0 Å². The fourth-order valence-electron chi connectivity index (χ4n) is 2.16. The van der Waals surface area contributed by atoms with Crippen LogP contribution in [0.15, 0.2) is 46.4 Å². The normalized spacial score (nSPS) is 11.0. The predicted octanol–water partition coefficient (Wildman–Crippen LogP) is 5.13. The molecule has 2 heterocycles. The molecule has 0 spiro atoms. The minimum absolute atomic E-state index is 0.130. The van der Waals surface area contributed by atoms with Gasteiger partial charge >= 0.3 is 5.97 Å². The Labute approximate surface area is 189 Å². The maximum absolute atomic E-state index is 12.4. The van der Waals surface area contributed by atoms with E-state index in [2.05, 4.69) is 14.7 Å². The van der Waals surface area contributed by atoms with Gasteiger partial charge in [-0.3, -0.25) is 10.1 Å². The van der Waals surface area contributed by atoms with Crippen molar-refractivity contribution < 1.29 is 14.3 Å². The first-order valence-corrected chi connectivity index (χ1v) is 11.5. The number of amides is 1. The van der Waals surface area contributed by atoms with E-state index in [1.807, 2.05) is 13.0 Å².